The Hall–Kier alpha value is -0.480. The summed E-state index contributed by atoms with van der Waals surface area (Å²) in [6.07, 6.45) is 7.27. The highest BCUT2D eigenvalue weighted by Gasteiger charge is 2.23. The summed E-state index contributed by atoms with van der Waals surface area (Å²) >= 11 is 2.08. The monoisotopic (exact) mass is 265 g/mol. The summed E-state index contributed by atoms with van der Waals surface area (Å²) in [5.41, 5.74) is 2.94. The fraction of sp³-hybridized carbons (Fsp3) is 0.786. The van der Waals surface area contributed by atoms with Gasteiger partial charge in [-0.3, -0.25) is 4.68 Å². The fourth-order valence-electron chi connectivity index (χ4n) is 3.27. The molecular weight excluding hydrogens is 242 g/mol. The van der Waals surface area contributed by atoms with Crippen LogP contribution in [0.3, 0.4) is 0 Å². The summed E-state index contributed by atoms with van der Waals surface area (Å²) in [4.78, 5) is 0. The highest BCUT2D eigenvalue weighted by atomic mass is 32.2. The molecule has 0 aromatic carbocycles. The van der Waals surface area contributed by atoms with Gasteiger partial charge in [-0.25, -0.2) is 0 Å². The van der Waals surface area contributed by atoms with Crippen LogP contribution in [0.4, 0.5) is 0 Å². The van der Waals surface area contributed by atoms with Crippen molar-refractivity contribution in [1.29, 1.82) is 0 Å². The van der Waals surface area contributed by atoms with E-state index in [1.54, 1.807) is 0 Å². The topological polar surface area (TPSA) is 29.9 Å². The van der Waals surface area contributed by atoms with Gasteiger partial charge in [0.1, 0.15) is 0 Å². The van der Waals surface area contributed by atoms with Gasteiger partial charge in [0, 0.05) is 5.69 Å². The van der Waals surface area contributed by atoms with Gasteiger partial charge in [-0.15, -0.1) is 0 Å². The van der Waals surface area contributed by atoms with E-state index < -0.39 is 0 Å². The maximum atomic E-state index is 4.70. The zero-order valence-corrected chi connectivity index (χ0v) is 12.0. The lowest BCUT2D eigenvalue weighted by Crippen LogP contribution is -2.27. The van der Waals surface area contributed by atoms with E-state index in [1.807, 2.05) is 0 Å². The minimum absolute atomic E-state index is 0.654. The third-order valence-corrected chi connectivity index (χ3v) is 5.45. The minimum Gasteiger partial charge on any atom is -0.317 e. The first-order valence-electron chi connectivity index (χ1n) is 7.18. The Morgan fingerprint density at radius 3 is 2.67 bits per heavy atom. The average Bonchev–Trinajstić information content (AvgIpc) is 2.83. The first-order valence-corrected chi connectivity index (χ1v) is 8.34. The van der Waals surface area contributed by atoms with Crippen LogP contribution in [0, 0.1) is 6.92 Å². The van der Waals surface area contributed by atoms with Gasteiger partial charge in [0.2, 0.25) is 0 Å². The van der Waals surface area contributed by atoms with E-state index in [0.717, 1.165) is 19.0 Å². The van der Waals surface area contributed by atoms with E-state index in [-0.39, 0.29) is 0 Å². The van der Waals surface area contributed by atoms with Gasteiger partial charge in [0.25, 0.3) is 0 Å². The van der Waals surface area contributed by atoms with Crippen LogP contribution >= 0.6 is 11.8 Å². The first-order chi connectivity index (χ1) is 8.86. The molecule has 2 aliphatic heterocycles. The summed E-state index contributed by atoms with van der Waals surface area (Å²) < 4.78 is 2.32. The molecule has 3 nitrogen and oxygen atoms in total. The molecule has 0 unspecified atom stereocenters. The van der Waals surface area contributed by atoms with Gasteiger partial charge in [-0.1, -0.05) is 0 Å². The molecule has 2 saturated heterocycles. The predicted octanol–water partition coefficient (Wildman–Crippen LogP) is 2.73. The number of nitrogens with zero attached hydrogens (tertiary/aromatic N) is 2. The van der Waals surface area contributed by atoms with E-state index >= 15 is 0 Å². The van der Waals surface area contributed by atoms with Crippen molar-refractivity contribution in [2.24, 2.45) is 0 Å². The molecule has 0 radical (unpaired) electrons. The quantitative estimate of drug-likeness (QED) is 0.891. The zero-order chi connectivity index (χ0) is 12.4. The molecule has 0 bridgehead atoms. The normalized spacial score (nSPS) is 23.4. The third kappa shape index (κ3) is 2.45. The SMILES string of the molecule is Cc1c(C2CCNCC2)cnn1C1CCSCC1. The Bertz CT molecular complexity index is 354. The highest BCUT2D eigenvalue weighted by molar-refractivity contribution is 7.99. The second-order valence-electron chi connectivity index (χ2n) is 5.50. The Morgan fingerprint density at radius 1 is 1.22 bits per heavy atom. The van der Waals surface area contributed by atoms with Gasteiger partial charge in [0.05, 0.1) is 12.2 Å². The molecule has 100 valence electrons. The third-order valence-electron chi connectivity index (χ3n) is 4.40. The van der Waals surface area contributed by atoms with Crippen molar-refractivity contribution in [2.75, 3.05) is 24.6 Å². The standard InChI is InChI=1S/C14H23N3S/c1-11-14(12-2-6-15-7-3-12)10-16-17(11)13-4-8-18-9-5-13/h10,12-13,15H,2-9H2,1H3. The van der Waals surface area contributed by atoms with Crippen LogP contribution in [0.1, 0.15) is 48.9 Å². The minimum atomic E-state index is 0.654. The van der Waals surface area contributed by atoms with Gasteiger partial charge < -0.3 is 5.32 Å². The van der Waals surface area contributed by atoms with Crippen LogP contribution in [0.5, 0.6) is 0 Å². The number of rotatable bonds is 2. The van der Waals surface area contributed by atoms with Crippen molar-refractivity contribution in [3.63, 3.8) is 0 Å². The van der Waals surface area contributed by atoms with Gasteiger partial charge in [-0.2, -0.15) is 16.9 Å². The van der Waals surface area contributed by atoms with Crippen LogP contribution in [0.15, 0.2) is 6.20 Å². The van der Waals surface area contributed by atoms with Crippen LogP contribution in [-0.2, 0) is 0 Å². The summed E-state index contributed by atoms with van der Waals surface area (Å²) in [5, 5.41) is 8.15. The zero-order valence-electron chi connectivity index (χ0n) is 11.2. The molecule has 3 rings (SSSR count). The number of thioether (sulfide) groups is 1. The Kier molecular flexibility index (Phi) is 3.94. The van der Waals surface area contributed by atoms with Crippen molar-refractivity contribution < 1.29 is 0 Å². The second kappa shape index (κ2) is 5.66. The number of hydrogen-bond acceptors (Lipinski definition) is 3. The fourth-order valence-corrected chi connectivity index (χ4v) is 4.35. The first kappa shape index (κ1) is 12.5. The van der Waals surface area contributed by atoms with Crippen molar-refractivity contribution >= 4 is 11.8 Å². The maximum Gasteiger partial charge on any atom is 0.0538 e. The molecule has 2 fully saturated rings. The molecule has 0 atom stereocenters. The van der Waals surface area contributed by atoms with Gasteiger partial charge in [0.15, 0.2) is 0 Å². The average molecular weight is 265 g/mol. The summed E-state index contributed by atoms with van der Waals surface area (Å²) in [6, 6.07) is 0.654. The lowest BCUT2D eigenvalue weighted by atomic mass is 9.90. The molecular formula is C14H23N3S. The van der Waals surface area contributed by atoms with Gasteiger partial charge >= 0.3 is 0 Å². The molecule has 1 aromatic rings. The lowest BCUT2D eigenvalue weighted by Gasteiger charge is -2.25. The van der Waals surface area contributed by atoms with Crippen LogP contribution < -0.4 is 5.32 Å². The largest absolute Gasteiger partial charge is 0.317 e. The van der Waals surface area contributed by atoms with E-state index in [1.165, 1.54) is 48.4 Å². The van der Waals surface area contributed by atoms with E-state index in [2.05, 4.69) is 34.9 Å². The van der Waals surface area contributed by atoms with Crippen molar-refractivity contribution in [3.8, 4) is 0 Å². The van der Waals surface area contributed by atoms with Crippen molar-refractivity contribution in [1.82, 2.24) is 15.1 Å². The second-order valence-corrected chi connectivity index (χ2v) is 6.72. The Balaban J connectivity index is 1.78. The number of aromatic nitrogens is 2. The van der Waals surface area contributed by atoms with Crippen LogP contribution in [0.25, 0.3) is 0 Å². The molecule has 2 aliphatic rings. The van der Waals surface area contributed by atoms with E-state index in [9.17, 15) is 0 Å². The van der Waals surface area contributed by atoms with Crippen LogP contribution in [0.2, 0.25) is 0 Å². The molecule has 0 aliphatic carbocycles. The van der Waals surface area contributed by atoms with Crippen molar-refractivity contribution in [3.05, 3.63) is 17.5 Å². The maximum absolute atomic E-state index is 4.70. The summed E-state index contributed by atoms with van der Waals surface area (Å²) in [5.74, 6) is 3.33. The number of nitrogens with one attached hydrogen (secondary N) is 1. The molecule has 18 heavy (non-hydrogen) atoms. The molecule has 0 spiro atoms. The molecule has 3 heterocycles. The smallest absolute Gasteiger partial charge is 0.0538 e. The summed E-state index contributed by atoms with van der Waals surface area (Å²) in [6.45, 7) is 4.59. The molecule has 4 heteroatoms. The summed E-state index contributed by atoms with van der Waals surface area (Å²) in [7, 11) is 0. The van der Waals surface area contributed by atoms with Gasteiger partial charge in [-0.05, 0) is 68.7 Å². The van der Waals surface area contributed by atoms with E-state index in [4.69, 9.17) is 5.10 Å². The molecule has 1 N–H and O–H groups in total. The Labute approximate surface area is 114 Å². The molecule has 0 amide bonds. The molecule has 1 aromatic heterocycles. The lowest BCUT2D eigenvalue weighted by molar-refractivity contribution is 0.414. The van der Waals surface area contributed by atoms with Crippen molar-refractivity contribution in [2.45, 2.75) is 44.6 Å². The number of hydrogen-bond donors (Lipinski definition) is 1. The Morgan fingerprint density at radius 2 is 1.94 bits per heavy atom. The molecule has 0 saturated carbocycles. The number of piperidine rings is 1. The van der Waals surface area contributed by atoms with E-state index in [0.29, 0.717) is 6.04 Å². The predicted molar refractivity (Wildman–Crippen MR) is 77.4 cm³/mol. The van der Waals surface area contributed by atoms with Crippen LogP contribution in [-0.4, -0.2) is 34.4 Å². The highest BCUT2D eigenvalue weighted by Crippen LogP contribution is 2.32.